The topological polar surface area (TPSA) is 89.3 Å². The summed E-state index contributed by atoms with van der Waals surface area (Å²) >= 11 is 5.69. The predicted molar refractivity (Wildman–Crippen MR) is 108 cm³/mol. The molecule has 30 heavy (non-hydrogen) atoms. The molecule has 4 aromatic rings. The van der Waals surface area contributed by atoms with Crippen molar-refractivity contribution in [1.82, 2.24) is 10.3 Å². The number of carbonyl (C=O) groups is 1. The van der Waals surface area contributed by atoms with E-state index in [2.05, 4.69) is 10.3 Å². The number of pyridine rings is 1. The van der Waals surface area contributed by atoms with Crippen LogP contribution in [0.2, 0.25) is 5.02 Å². The van der Waals surface area contributed by atoms with E-state index >= 15 is 0 Å². The minimum Gasteiger partial charge on any atom is -0.449 e. The molecule has 6 nitrogen and oxygen atoms in total. The molecule has 0 fully saturated rings. The Hall–Kier alpha value is -3.23. The molecule has 0 saturated heterocycles. The molecule has 9 heteroatoms. The van der Waals surface area contributed by atoms with Gasteiger partial charge in [0.05, 0.1) is 16.1 Å². The highest BCUT2D eigenvalue weighted by Gasteiger charge is 2.23. The number of sulfone groups is 1. The molecule has 4 rings (SSSR count). The van der Waals surface area contributed by atoms with Crippen LogP contribution in [0.3, 0.4) is 0 Å². The van der Waals surface area contributed by atoms with Gasteiger partial charge in [0.25, 0.3) is 5.91 Å². The molecule has 0 aliphatic rings. The number of fused-ring (bicyclic) bond motifs is 1. The van der Waals surface area contributed by atoms with Crippen LogP contribution < -0.4 is 5.32 Å². The Balaban J connectivity index is 1.48. The summed E-state index contributed by atoms with van der Waals surface area (Å²) in [4.78, 5) is 15.7. The van der Waals surface area contributed by atoms with E-state index in [9.17, 15) is 17.6 Å². The number of benzene rings is 2. The fraction of sp³-hybridized carbons (Fsp3) is 0.0476. The fourth-order valence-electron chi connectivity index (χ4n) is 2.87. The Morgan fingerprint density at radius 2 is 1.90 bits per heavy atom. The van der Waals surface area contributed by atoms with Gasteiger partial charge in [-0.1, -0.05) is 29.8 Å². The van der Waals surface area contributed by atoms with E-state index in [1.807, 2.05) is 0 Å². The number of rotatable bonds is 5. The fourth-order valence-corrected chi connectivity index (χ4v) is 4.45. The van der Waals surface area contributed by atoms with Crippen molar-refractivity contribution in [1.29, 1.82) is 0 Å². The second kappa shape index (κ2) is 7.89. The van der Waals surface area contributed by atoms with E-state index in [-0.39, 0.29) is 22.2 Å². The molecule has 1 amide bonds. The summed E-state index contributed by atoms with van der Waals surface area (Å²) in [5.41, 5.74) is 1.16. The highest BCUT2D eigenvalue weighted by molar-refractivity contribution is 7.91. The molecule has 0 spiro atoms. The number of carbonyl (C=O) groups excluding carboxylic acids is 1. The maximum absolute atomic E-state index is 14.1. The summed E-state index contributed by atoms with van der Waals surface area (Å²) < 4.78 is 44.9. The molecule has 0 radical (unpaired) electrons. The van der Waals surface area contributed by atoms with Gasteiger partial charge in [-0.15, -0.1) is 0 Å². The first-order valence-electron chi connectivity index (χ1n) is 8.76. The molecule has 0 aliphatic carbocycles. The number of aromatic nitrogens is 1. The smallest absolute Gasteiger partial charge is 0.287 e. The Morgan fingerprint density at radius 1 is 1.13 bits per heavy atom. The first kappa shape index (κ1) is 20.1. The van der Waals surface area contributed by atoms with Gasteiger partial charge in [0, 0.05) is 18.1 Å². The number of nitrogens with one attached hydrogen (secondary N) is 1. The monoisotopic (exact) mass is 444 g/mol. The van der Waals surface area contributed by atoms with E-state index in [4.69, 9.17) is 16.0 Å². The van der Waals surface area contributed by atoms with Crippen molar-refractivity contribution in [2.45, 2.75) is 16.3 Å². The molecule has 0 atom stereocenters. The Labute approximate surface area is 176 Å². The number of furan rings is 1. The number of hydrogen-bond acceptors (Lipinski definition) is 5. The van der Waals surface area contributed by atoms with Gasteiger partial charge in [0.2, 0.25) is 9.84 Å². The van der Waals surface area contributed by atoms with Crippen LogP contribution in [0.5, 0.6) is 0 Å². The van der Waals surface area contributed by atoms with Crippen molar-refractivity contribution in [3.8, 4) is 0 Å². The zero-order valence-corrected chi connectivity index (χ0v) is 16.9. The van der Waals surface area contributed by atoms with Gasteiger partial charge < -0.3 is 9.73 Å². The molecule has 0 aliphatic heterocycles. The average Bonchev–Trinajstić information content (AvgIpc) is 3.18. The minimum atomic E-state index is -4.07. The third kappa shape index (κ3) is 3.79. The average molecular weight is 445 g/mol. The van der Waals surface area contributed by atoms with Gasteiger partial charge in [-0.3, -0.25) is 9.78 Å². The Kier molecular flexibility index (Phi) is 5.27. The molecule has 1 N–H and O–H groups in total. The normalized spacial score (nSPS) is 11.5. The van der Waals surface area contributed by atoms with Gasteiger partial charge in [0.15, 0.2) is 17.2 Å². The molecule has 0 saturated carbocycles. The molecule has 2 heterocycles. The lowest BCUT2D eigenvalue weighted by Gasteiger charge is -2.08. The van der Waals surface area contributed by atoms with Crippen LogP contribution in [-0.2, 0) is 16.4 Å². The predicted octanol–water partition coefficient (Wildman–Crippen LogP) is 4.38. The van der Waals surface area contributed by atoms with Gasteiger partial charge in [-0.2, -0.15) is 0 Å². The van der Waals surface area contributed by atoms with E-state index in [0.717, 1.165) is 11.5 Å². The molecule has 152 valence electrons. The van der Waals surface area contributed by atoms with Gasteiger partial charge in [0.1, 0.15) is 4.90 Å². The lowest BCUT2D eigenvalue weighted by Crippen LogP contribution is -2.22. The summed E-state index contributed by atoms with van der Waals surface area (Å²) in [6.45, 7) is 0.153. The van der Waals surface area contributed by atoms with Crippen molar-refractivity contribution in [2.75, 3.05) is 0 Å². The number of hydrogen-bond donors (Lipinski definition) is 1. The standard InChI is InChI=1S/C21H14ClFN2O4S/c22-16-2-1-3-19(20(16)23)30(27,28)15-6-4-13(5-7-15)11-25-21(26)17-10-14-8-9-24-12-18(14)29-17/h1-10,12H,11H2,(H,25,26). The van der Waals surface area contributed by atoms with Crippen molar-refractivity contribution in [2.24, 2.45) is 0 Å². The van der Waals surface area contributed by atoms with Crippen LogP contribution in [0.4, 0.5) is 4.39 Å². The van der Waals surface area contributed by atoms with E-state index in [1.54, 1.807) is 18.3 Å². The highest BCUT2D eigenvalue weighted by atomic mass is 35.5. The first-order valence-corrected chi connectivity index (χ1v) is 10.6. The SMILES string of the molecule is O=C(NCc1ccc(S(=O)(=O)c2cccc(Cl)c2F)cc1)c1cc2ccncc2o1. The highest BCUT2D eigenvalue weighted by Crippen LogP contribution is 2.27. The number of amides is 1. The lowest BCUT2D eigenvalue weighted by atomic mass is 10.2. The van der Waals surface area contributed by atoms with E-state index in [0.29, 0.717) is 11.1 Å². The summed E-state index contributed by atoms with van der Waals surface area (Å²) in [6.07, 6.45) is 3.12. The largest absolute Gasteiger partial charge is 0.449 e. The quantitative estimate of drug-likeness (QED) is 0.493. The summed E-state index contributed by atoms with van der Waals surface area (Å²) in [5, 5.41) is 3.20. The van der Waals surface area contributed by atoms with Crippen LogP contribution in [0.1, 0.15) is 16.1 Å². The minimum absolute atomic E-state index is 0.0801. The van der Waals surface area contributed by atoms with Crippen LogP contribution in [0.15, 0.2) is 81.2 Å². The van der Waals surface area contributed by atoms with Crippen LogP contribution >= 0.6 is 11.6 Å². The van der Waals surface area contributed by atoms with Crippen LogP contribution in [-0.4, -0.2) is 19.3 Å². The molecule has 2 aromatic heterocycles. The second-order valence-corrected chi connectivity index (χ2v) is 8.73. The van der Waals surface area contributed by atoms with Gasteiger partial charge >= 0.3 is 0 Å². The van der Waals surface area contributed by atoms with Crippen LogP contribution in [0, 0.1) is 5.82 Å². The summed E-state index contributed by atoms with van der Waals surface area (Å²) in [6, 6.07) is 12.9. The van der Waals surface area contributed by atoms with Gasteiger partial charge in [-0.05, 0) is 42.0 Å². The Morgan fingerprint density at radius 3 is 2.63 bits per heavy atom. The number of nitrogens with zero attached hydrogens (tertiary/aromatic N) is 1. The van der Waals surface area contributed by atoms with Gasteiger partial charge in [-0.25, -0.2) is 12.8 Å². The van der Waals surface area contributed by atoms with Crippen LogP contribution in [0.25, 0.3) is 11.0 Å². The molecule has 0 unspecified atom stereocenters. The summed E-state index contributed by atoms with van der Waals surface area (Å²) in [7, 11) is -4.07. The van der Waals surface area contributed by atoms with Crippen molar-refractivity contribution >= 4 is 38.3 Å². The molecule has 2 aromatic carbocycles. The third-order valence-corrected chi connectivity index (χ3v) is 6.52. The first-order chi connectivity index (χ1) is 14.4. The maximum Gasteiger partial charge on any atom is 0.287 e. The molecule has 0 bridgehead atoms. The third-order valence-electron chi connectivity index (χ3n) is 4.44. The molecular weight excluding hydrogens is 431 g/mol. The molecular formula is C21H14ClFN2O4S. The van der Waals surface area contributed by atoms with E-state index < -0.39 is 26.5 Å². The van der Waals surface area contributed by atoms with Crippen molar-refractivity contribution in [3.05, 3.63) is 89.2 Å². The van der Waals surface area contributed by atoms with Crippen molar-refractivity contribution in [3.63, 3.8) is 0 Å². The second-order valence-electron chi connectivity index (χ2n) is 6.41. The van der Waals surface area contributed by atoms with E-state index in [1.165, 1.54) is 42.6 Å². The zero-order chi connectivity index (χ0) is 21.3. The lowest BCUT2D eigenvalue weighted by molar-refractivity contribution is 0.0925. The van der Waals surface area contributed by atoms with Crippen molar-refractivity contribution < 1.29 is 22.0 Å². The Bertz CT molecular complexity index is 1320. The number of halogens is 2. The maximum atomic E-state index is 14.1. The summed E-state index contributed by atoms with van der Waals surface area (Å²) in [5.74, 6) is -1.26. The zero-order valence-electron chi connectivity index (χ0n) is 15.3.